The highest BCUT2D eigenvalue weighted by Crippen LogP contribution is 2.49. The lowest BCUT2D eigenvalue weighted by atomic mass is 10.2. The van der Waals surface area contributed by atoms with Gasteiger partial charge in [0, 0.05) is 10.4 Å². The fourth-order valence-corrected chi connectivity index (χ4v) is 3.77. The molecule has 0 aliphatic rings. The summed E-state index contributed by atoms with van der Waals surface area (Å²) in [6.45, 7) is 0. The van der Waals surface area contributed by atoms with Crippen molar-refractivity contribution in [1.82, 2.24) is 0 Å². The van der Waals surface area contributed by atoms with Crippen molar-refractivity contribution < 1.29 is 9.90 Å². The predicted molar refractivity (Wildman–Crippen MR) is 81.8 cm³/mol. The van der Waals surface area contributed by atoms with Gasteiger partial charge in [0.1, 0.15) is 4.88 Å². The normalized spacial score (nSPS) is 10.8. The van der Waals surface area contributed by atoms with E-state index in [-0.39, 0.29) is 30.0 Å². The standard InChI is InChI=1S/C11H3Cl5O2S/c12-6-5(3-1-2-4(19-3)11(17)18)7(13)9(15)10(16)8(6)14/h1-2H,(H,17,18). The lowest BCUT2D eigenvalue weighted by Gasteiger charge is -2.10. The van der Waals surface area contributed by atoms with Crippen LogP contribution in [0.5, 0.6) is 0 Å². The fraction of sp³-hybridized carbons (Fsp3) is 0. The maximum Gasteiger partial charge on any atom is 0.345 e. The third-order valence-corrected chi connectivity index (χ3v) is 5.64. The molecule has 0 atom stereocenters. The van der Waals surface area contributed by atoms with Gasteiger partial charge >= 0.3 is 5.97 Å². The molecular formula is C11H3Cl5O2S. The monoisotopic (exact) mass is 374 g/mol. The lowest BCUT2D eigenvalue weighted by molar-refractivity contribution is 0.0702. The summed E-state index contributed by atoms with van der Waals surface area (Å²) in [5.41, 5.74) is 0.375. The second-order valence-electron chi connectivity index (χ2n) is 3.41. The Morgan fingerprint density at radius 2 is 1.37 bits per heavy atom. The molecule has 19 heavy (non-hydrogen) atoms. The van der Waals surface area contributed by atoms with Crippen molar-refractivity contribution in [2.75, 3.05) is 0 Å². The van der Waals surface area contributed by atoms with Crippen molar-refractivity contribution in [3.63, 3.8) is 0 Å². The third-order valence-electron chi connectivity index (χ3n) is 2.27. The lowest BCUT2D eigenvalue weighted by Crippen LogP contribution is -1.89. The Bertz CT molecular complexity index is 651. The van der Waals surface area contributed by atoms with Crippen LogP contribution in [0.1, 0.15) is 9.67 Å². The van der Waals surface area contributed by atoms with E-state index >= 15 is 0 Å². The molecule has 0 radical (unpaired) electrons. The summed E-state index contributed by atoms with van der Waals surface area (Å²) >= 11 is 31.0. The van der Waals surface area contributed by atoms with E-state index < -0.39 is 5.97 Å². The molecule has 8 heteroatoms. The summed E-state index contributed by atoms with van der Waals surface area (Å²) in [6.07, 6.45) is 0. The van der Waals surface area contributed by atoms with Gasteiger partial charge in [-0.3, -0.25) is 0 Å². The Balaban J connectivity index is 2.71. The molecular weight excluding hydrogens is 373 g/mol. The van der Waals surface area contributed by atoms with Crippen molar-refractivity contribution in [3.8, 4) is 10.4 Å². The number of carbonyl (C=O) groups is 1. The second kappa shape index (κ2) is 5.68. The van der Waals surface area contributed by atoms with Crippen LogP contribution in [0.25, 0.3) is 10.4 Å². The first-order valence-corrected chi connectivity index (χ1v) is 7.40. The molecule has 0 aliphatic carbocycles. The average Bonchev–Trinajstić information content (AvgIpc) is 2.84. The molecule has 0 saturated carbocycles. The molecule has 0 bridgehead atoms. The quantitative estimate of drug-likeness (QED) is 0.488. The van der Waals surface area contributed by atoms with Gasteiger partial charge in [-0.05, 0) is 12.1 Å². The van der Waals surface area contributed by atoms with Crippen LogP contribution >= 0.6 is 69.3 Å². The molecule has 0 fully saturated rings. The topological polar surface area (TPSA) is 37.3 Å². The maximum absolute atomic E-state index is 10.9. The minimum absolute atomic E-state index is 0.0668. The van der Waals surface area contributed by atoms with E-state index in [1.54, 1.807) is 6.07 Å². The number of rotatable bonds is 2. The summed E-state index contributed by atoms with van der Waals surface area (Å²) in [5, 5.41) is 9.42. The van der Waals surface area contributed by atoms with Crippen LogP contribution in [0.3, 0.4) is 0 Å². The minimum atomic E-state index is -1.03. The first-order valence-electron chi connectivity index (χ1n) is 4.69. The largest absolute Gasteiger partial charge is 0.477 e. The number of halogens is 5. The van der Waals surface area contributed by atoms with Crippen LogP contribution in [-0.4, -0.2) is 11.1 Å². The van der Waals surface area contributed by atoms with Crippen molar-refractivity contribution in [2.45, 2.75) is 0 Å². The zero-order chi connectivity index (χ0) is 14.3. The fourth-order valence-electron chi connectivity index (χ4n) is 1.41. The highest BCUT2D eigenvalue weighted by atomic mass is 35.5. The first kappa shape index (κ1) is 15.2. The summed E-state index contributed by atoms with van der Waals surface area (Å²) in [6, 6.07) is 3.03. The van der Waals surface area contributed by atoms with E-state index in [4.69, 9.17) is 63.1 Å². The molecule has 2 aromatic rings. The molecule has 100 valence electrons. The maximum atomic E-state index is 10.9. The van der Waals surface area contributed by atoms with E-state index in [0.717, 1.165) is 11.3 Å². The highest BCUT2D eigenvalue weighted by Gasteiger charge is 2.22. The number of carboxylic acid groups (broad SMARTS) is 1. The summed E-state index contributed by atoms with van der Waals surface area (Å²) < 4.78 is 0. The summed E-state index contributed by atoms with van der Waals surface area (Å²) in [4.78, 5) is 11.6. The molecule has 1 aromatic carbocycles. The van der Waals surface area contributed by atoms with Crippen LogP contribution in [0.2, 0.25) is 25.1 Å². The molecule has 1 N–H and O–H groups in total. The SMILES string of the molecule is O=C(O)c1ccc(-c2c(Cl)c(Cl)c(Cl)c(Cl)c2Cl)s1. The number of hydrogen-bond acceptors (Lipinski definition) is 2. The van der Waals surface area contributed by atoms with Crippen molar-refractivity contribution in [2.24, 2.45) is 0 Å². The number of hydrogen-bond donors (Lipinski definition) is 1. The predicted octanol–water partition coefficient (Wildman–Crippen LogP) is 6.38. The Hall–Kier alpha value is -0.160. The van der Waals surface area contributed by atoms with Crippen LogP contribution in [0.4, 0.5) is 0 Å². The zero-order valence-corrected chi connectivity index (χ0v) is 13.4. The van der Waals surface area contributed by atoms with Crippen LogP contribution in [-0.2, 0) is 0 Å². The molecule has 0 amide bonds. The molecule has 0 saturated heterocycles. The van der Waals surface area contributed by atoms with Crippen molar-refractivity contribution >= 4 is 75.3 Å². The molecule has 2 nitrogen and oxygen atoms in total. The molecule has 0 aliphatic heterocycles. The smallest absolute Gasteiger partial charge is 0.345 e. The zero-order valence-electron chi connectivity index (χ0n) is 8.81. The van der Waals surface area contributed by atoms with E-state index in [0.29, 0.717) is 10.4 Å². The van der Waals surface area contributed by atoms with E-state index in [9.17, 15) is 4.79 Å². The van der Waals surface area contributed by atoms with Gasteiger partial charge in [0.25, 0.3) is 0 Å². The third kappa shape index (κ3) is 2.68. The van der Waals surface area contributed by atoms with Crippen molar-refractivity contribution in [1.29, 1.82) is 0 Å². The molecule has 1 heterocycles. The molecule has 1 aromatic heterocycles. The van der Waals surface area contributed by atoms with Gasteiger partial charge in [0.2, 0.25) is 0 Å². The van der Waals surface area contributed by atoms with Gasteiger partial charge in [0.05, 0.1) is 25.1 Å². The van der Waals surface area contributed by atoms with Crippen molar-refractivity contribution in [3.05, 3.63) is 42.1 Å². The van der Waals surface area contributed by atoms with Crippen LogP contribution < -0.4 is 0 Å². The molecule has 0 spiro atoms. The van der Waals surface area contributed by atoms with Gasteiger partial charge < -0.3 is 5.11 Å². The van der Waals surface area contributed by atoms with Gasteiger partial charge in [-0.1, -0.05) is 58.0 Å². The Morgan fingerprint density at radius 1 is 0.895 bits per heavy atom. The first-order chi connectivity index (χ1) is 8.84. The average molecular weight is 376 g/mol. The summed E-state index contributed by atoms with van der Waals surface area (Å²) in [7, 11) is 0. The minimum Gasteiger partial charge on any atom is -0.477 e. The van der Waals surface area contributed by atoms with Gasteiger partial charge in [-0.2, -0.15) is 0 Å². The van der Waals surface area contributed by atoms with Gasteiger partial charge in [-0.25, -0.2) is 4.79 Å². The van der Waals surface area contributed by atoms with E-state index in [2.05, 4.69) is 0 Å². The number of aromatic carboxylic acids is 1. The van der Waals surface area contributed by atoms with Crippen LogP contribution in [0, 0.1) is 0 Å². The second-order valence-corrected chi connectivity index (χ2v) is 6.39. The van der Waals surface area contributed by atoms with Gasteiger partial charge in [0.15, 0.2) is 0 Å². The number of benzene rings is 1. The molecule has 2 rings (SSSR count). The number of carboxylic acids is 1. The van der Waals surface area contributed by atoms with Crippen LogP contribution in [0.15, 0.2) is 12.1 Å². The molecule has 0 unspecified atom stereocenters. The number of thiophene rings is 1. The van der Waals surface area contributed by atoms with Gasteiger partial charge in [-0.15, -0.1) is 11.3 Å². The van der Waals surface area contributed by atoms with E-state index in [1.165, 1.54) is 6.07 Å². The Morgan fingerprint density at radius 3 is 1.79 bits per heavy atom. The highest BCUT2D eigenvalue weighted by molar-refractivity contribution is 7.17. The Labute approximate surface area is 137 Å². The summed E-state index contributed by atoms with van der Waals surface area (Å²) in [5.74, 6) is -1.03. The van der Waals surface area contributed by atoms with E-state index in [1.807, 2.05) is 0 Å². The Kier molecular flexibility index (Phi) is 4.56.